The molecule has 0 bridgehead atoms. The van der Waals surface area contributed by atoms with Crippen molar-refractivity contribution in [1.82, 2.24) is 9.80 Å². The van der Waals surface area contributed by atoms with Crippen LogP contribution in [0.2, 0.25) is 0 Å². The van der Waals surface area contributed by atoms with Crippen molar-refractivity contribution in [2.45, 2.75) is 13.0 Å². The van der Waals surface area contributed by atoms with E-state index in [0.717, 1.165) is 13.1 Å². The van der Waals surface area contributed by atoms with Gasteiger partial charge in [-0.1, -0.05) is 0 Å². The molecule has 2 aliphatic heterocycles. The largest absolute Gasteiger partial charge is 0.497 e. The topological polar surface area (TPSA) is 90.7 Å². The van der Waals surface area contributed by atoms with E-state index in [1.54, 1.807) is 49.5 Å². The number of rotatable bonds is 8. The van der Waals surface area contributed by atoms with Crippen LogP contribution in [0.25, 0.3) is 11.0 Å². The van der Waals surface area contributed by atoms with Gasteiger partial charge in [-0.15, -0.1) is 0 Å². The zero-order valence-electron chi connectivity index (χ0n) is 20.7. The number of fused-ring (bicyclic) bond motifs is 2. The van der Waals surface area contributed by atoms with E-state index in [1.165, 1.54) is 0 Å². The van der Waals surface area contributed by atoms with Crippen LogP contribution in [-0.4, -0.2) is 75.9 Å². The van der Waals surface area contributed by atoms with Crippen molar-refractivity contribution < 1.29 is 28.2 Å². The molecule has 2 aromatic carbocycles. The third kappa shape index (κ3) is 4.29. The van der Waals surface area contributed by atoms with E-state index < -0.39 is 6.04 Å². The lowest BCUT2D eigenvalue weighted by Gasteiger charge is -2.31. The van der Waals surface area contributed by atoms with E-state index in [0.29, 0.717) is 72.3 Å². The van der Waals surface area contributed by atoms with Gasteiger partial charge in [0.1, 0.15) is 22.8 Å². The molecule has 9 nitrogen and oxygen atoms in total. The number of carbonyl (C=O) groups is 1. The molecule has 9 heteroatoms. The fraction of sp³-hybridized carbons (Fsp3) is 0.407. The molecule has 0 saturated carbocycles. The molecule has 1 fully saturated rings. The van der Waals surface area contributed by atoms with Gasteiger partial charge < -0.3 is 28.3 Å². The summed E-state index contributed by atoms with van der Waals surface area (Å²) in [6, 6.07) is 9.80. The number of methoxy groups -OCH3 is 2. The van der Waals surface area contributed by atoms with E-state index in [2.05, 4.69) is 4.90 Å². The van der Waals surface area contributed by atoms with Crippen molar-refractivity contribution in [2.75, 3.05) is 60.2 Å². The summed E-state index contributed by atoms with van der Waals surface area (Å²) in [7, 11) is 3.15. The van der Waals surface area contributed by atoms with Crippen LogP contribution in [0.1, 0.15) is 34.6 Å². The first kappa shape index (κ1) is 24.1. The highest BCUT2D eigenvalue weighted by atomic mass is 16.5. The Balaban J connectivity index is 1.65. The standard InChI is InChI=1S/C27H30N2O7/c1-4-35-18-5-7-19-22(16-18)36-26-23(25(19)30)24(20-15-17(32-2)6-8-21(20)33-3)29(27(26)31)10-9-28-11-13-34-14-12-28/h5-8,15-16,24H,4,9-14H2,1-3H3. The third-order valence-electron chi connectivity index (χ3n) is 6.74. The minimum atomic E-state index is -0.675. The molecule has 3 aromatic rings. The van der Waals surface area contributed by atoms with Crippen LogP contribution in [0.3, 0.4) is 0 Å². The molecule has 1 aromatic heterocycles. The first-order chi connectivity index (χ1) is 17.5. The zero-order chi connectivity index (χ0) is 25.2. The van der Waals surface area contributed by atoms with Crippen LogP contribution >= 0.6 is 0 Å². The number of carbonyl (C=O) groups excluding carboxylic acids is 1. The molecule has 1 atom stereocenters. The fourth-order valence-corrected chi connectivity index (χ4v) is 4.94. The number of ether oxygens (including phenoxy) is 4. The highest BCUT2D eigenvalue weighted by Gasteiger charge is 2.44. The molecule has 0 spiro atoms. The van der Waals surface area contributed by atoms with Gasteiger partial charge in [0.15, 0.2) is 5.43 Å². The summed E-state index contributed by atoms with van der Waals surface area (Å²) in [4.78, 5) is 31.6. The summed E-state index contributed by atoms with van der Waals surface area (Å²) in [6.07, 6.45) is 0. The van der Waals surface area contributed by atoms with Gasteiger partial charge in [0.05, 0.1) is 51.0 Å². The van der Waals surface area contributed by atoms with Gasteiger partial charge in [-0.3, -0.25) is 14.5 Å². The van der Waals surface area contributed by atoms with E-state index in [-0.39, 0.29) is 17.1 Å². The van der Waals surface area contributed by atoms with Crippen LogP contribution in [0, 0.1) is 0 Å². The highest BCUT2D eigenvalue weighted by Crippen LogP contribution is 2.42. The Morgan fingerprint density at radius 2 is 1.75 bits per heavy atom. The minimum absolute atomic E-state index is 0.0537. The van der Waals surface area contributed by atoms with Crippen molar-refractivity contribution >= 4 is 16.9 Å². The summed E-state index contributed by atoms with van der Waals surface area (Å²) in [6.45, 7) is 6.33. The van der Waals surface area contributed by atoms with E-state index >= 15 is 0 Å². The van der Waals surface area contributed by atoms with Gasteiger partial charge in [-0.05, 0) is 37.3 Å². The highest BCUT2D eigenvalue weighted by molar-refractivity contribution is 5.99. The van der Waals surface area contributed by atoms with E-state index in [4.69, 9.17) is 23.4 Å². The average molecular weight is 495 g/mol. The molecular formula is C27H30N2O7. The van der Waals surface area contributed by atoms with Gasteiger partial charge >= 0.3 is 0 Å². The quantitative estimate of drug-likeness (QED) is 0.472. The SMILES string of the molecule is CCOc1ccc2c(=O)c3c(oc2c1)C(=O)N(CCN1CCOCC1)C3c1cc(OC)ccc1OC. The Hall–Kier alpha value is -3.56. The molecule has 0 aliphatic carbocycles. The number of nitrogens with zero attached hydrogens (tertiary/aromatic N) is 2. The Bertz CT molecular complexity index is 1330. The predicted molar refractivity (Wildman–Crippen MR) is 133 cm³/mol. The van der Waals surface area contributed by atoms with Gasteiger partial charge in [-0.25, -0.2) is 0 Å². The minimum Gasteiger partial charge on any atom is -0.497 e. The molecule has 1 unspecified atom stereocenters. The maximum absolute atomic E-state index is 13.8. The van der Waals surface area contributed by atoms with Crippen LogP contribution in [0.4, 0.5) is 0 Å². The molecule has 1 amide bonds. The number of benzene rings is 2. The number of amides is 1. The molecular weight excluding hydrogens is 464 g/mol. The summed E-state index contributed by atoms with van der Waals surface area (Å²) in [5, 5.41) is 0.395. The second-order valence-corrected chi connectivity index (χ2v) is 8.73. The van der Waals surface area contributed by atoms with Crippen LogP contribution in [-0.2, 0) is 4.74 Å². The summed E-state index contributed by atoms with van der Waals surface area (Å²) < 4.78 is 28.2. The molecule has 3 heterocycles. The lowest BCUT2D eigenvalue weighted by molar-refractivity contribution is 0.0314. The van der Waals surface area contributed by atoms with Crippen LogP contribution in [0.15, 0.2) is 45.6 Å². The maximum Gasteiger partial charge on any atom is 0.290 e. The van der Waals surface area contributed by atoms with Crippen LogP contribution in [0.5, 0.6) is 17.2 Å². The molecule has 2 aliphatic rings. The Kier molecular flexibility index (Phi) is 6.84. The average Bonchev–Trinajstić information content (AvgIpc) is 3.19. The lowest BCUT2D eigenvalue weighted by atomic mass is 9.97. The van der Waals surface area contributed by atoms with Crippen molar-refractivity contribution in [3.63, 3.8) is 0 Å². The van der Waals surface area contributed by atoms with Crippen LogP contribution < -0.4 is 19.6 Å². The Labute approximate surface area is 209 Å². The Morgan fingerprint density at radius 3 is 2.47 bits per heavy atom. The van der Waals surface area contributed by atoms with Gasteiger partial charge in [0.2, 0.25) is 5.76 Å². The van der Waals surface area contributed by atoms with Crippen molar-refractivity contribution in [3.05, 3.63) is 63.5 Å². The lowest BCUT2D eigenvalue weighted by Crippen LogP contribution is -2.42. The zero-order valence-corrected chi connectivity index (χ0v) is 20.7. The fourth-order valence-electron chi connectivity index (χ4n) is 4.94. The normalized spacial score (nSPS) is 17.9. The smallest absolute Gasteiger partial charge is 0.290 e. The van der Waals surface area contributed by atoms with Gasteiger partial charge in [-0.2, -0.15) is 0 Å². The molecule has 1 saturated heterocycles. The number of hydrogen-bond acceptors (Lipinski definition) is 8. The van der Waals surface area contributed by atoms with E-state index in [9.17, 15) is 9.59 Å². The first-order valence-electron chi connectivity index (χ1n) is 12.1. The predicted octanol–water partition coefficient (Wildman–Crippen LogP) is 3.09. The Morgan fingerprint density at radius 1 is 0.972 bits per heavy atom. The molecule has 5 rings (SSSR count). The molecule has 0 radical (unpaired) electrons. The van der Waals surface area contributed by atoms with E-state index in [1.807, 2.05) is 13.0 Å². The summed E-state index contributed by atoms with van der Waals surface area (Å²) >= 11 is 0. The monoisotopic (exact) mass is 494 g/mol. The van der Waals surface area contributed by atoms with Crippen molar-refractivity contribution in [3.8, 4) is 17.2 Å². The molecule has 36 heavy (non-hydrogen) atoms. The molecule has 0 N–H and O–H groups in total. The maximum atomic E-state index is 13.8. The van der Waals surface area contributed by atoms with Crippen molar-refractivity contribution in [2.24, 2.45) is 0 Å². The van der Waals surface area contributed by atoms with Gasteiger partial charge in [0.25, 0.3) is 5.91 Å². The van der Waals surface area contributed by atoms with Crippen molar-refractivity contribution in [1.29, 1.82) is 0 Å². The summed E-state index contributed by atoms with van der Waals surface area (Å²) in [5.41, 5.74) is 1.06. The first-order valence-corrected chi connectivity index (χ1v) is 12.1. The number of morpholine rings is 1. The number of hydrogen-bond donors (Lipinski definition) is 0. The second kappa shape index (κ2) is 10.2. The second-order valence-electron chi connectivity index (χ2n) is 8.73. The summed E-state index contributed by atoms with van der Waals surface area (Å²) in [5.74, 6) is 1.47. The third-order valence-corrected chi connectivity index (χ3v) is 6.74. The molecule has 190 valence electrons. The van der Waals surface area contributed by atoms with Gasteiger partial charge in [0, 0.05) is 37.8 Å².